The van der Waals surface area contributed by atoms with Gasteiger partial charge in [0.25, 0.3) is 5.91 Å². The summed E-state index contributed by atoms with van der Waals surface area (Å²) in [5.74, 6) is -0.182. The lowest BCUT2D eigenvalue weighted by Gasteiger charge is -2.05. The average Bonchev–Trinajstić information content (AvgIpc) is 2.96. The van der Waals surface area contributed by atoms with E-state index in [1.54, 1.807) is 6.07 Å². The van der Waals surface area contributed by atoms with Crippen molar-refractivity contribution in [2.24, 2.45) is 0 Å². The second kappa shape index (κ2) is 7.44. The number of hydrogen-bond donors (Lipinski definition) is 2. The van der Waals surface area contributed by atoms with Gasteiger partial charge in [0.1, 0.15) is 0 Å². The number of fused-ring (bicyclic) bond motifs is 1. The fraction of sp³-hybridized carbons (Fsp3) is 0.211. The van der Waals surface area contributed by atoms with Gasteiger partial charge in [-0.25, -0.2) is 4.98 Å². The van der Waals surface area contributed by atoms with E-state index >= 15 is 0 Å². The highest BCUT2D eigenvalue weighted by atomic mass is 32.1. The molecule has 0 aliphatic carbocycles. The lowest BCUT2D eigenvalue weighted by Crippen LogP contribution is -2.11. The SMILES string of the molecule is CCCC(=O)Nc1nc2ccc(NC(=O)c3cccc(C)c3)cc2s1. The number of nitrogens with zero attached hydrogens (tertiary/aromatic N) is 1. The minimum Gasteiger partial charge on any atom is -0.322 e. The Balaban J connectivity index is 1.76. The Bertz CT molecular complexity index is 933. The highest BCUT2D eigenvalue weighted by Crippen LogP contribution is 2.28. The molecule has 0 unspecified atom stereocenters. The third-order valence-electron chi connectivity index (χ3n) is 3.65. The first-order valence-corrected chi connectivity index (χ1v) is 8.95. The van der Waals surface area contributed by atoms with E-state index < -0.39 is 0 Å². The second-order valence-electron chi connectivity index (χ2n) is 5.82. The smallest absolute Gasteiger partial charge is 0.255 e. The fourth-order valence-corrected chi connectivity index (χ4v) is 3.38. The summed E-state index contributed by atoms with van der Waals surface area (Å²) >= 11 is 1.40. The summed E-state index contributed by atoms with van der Waals surface area (Å²) in [5.41, 5.74) is 3.16. The van der Waals surface area contributed by atoms with Crippen LogP contribution in [-0.4, -0.2) is 16.8 Å². The number of carbonyl (C=O) groups is 2. The Kier molecular flexibility index (Phi) is 5.09. The predicted octanol–water partition coefficient (Wildman–Crippen LogP) is 4.60. The predicted molar refractivity (Wildman–Crippen MR) is 102 cm³/mol. The van der Waals surface area contributed by atoms with Crippen molar-refractivity contribution in [3.8, 4) is 0 Å². The number of rotatable bonds is 5. The van der Waals surface area contributed by atoms with Gasteiger partial charge >= 0.3 is 0 Å². The third kappa shape index (κ3) is 4.22. The minimum atomic E-state index is -0.149. The normalized spacial score (nSPS) is 10.6. The molecule has 0 fully saturated rings. The lowest BCUT2D eigenvalue weighted by atomic mass is 10.1. The van der Waals surface area contributed by atoms with E-state index in [4.69, 9.17) is 0 Å². The number of carbonyl (C=O) groups excluding carboxylic acids is 2. The van der Waals surface area contributed by atoms with Crippen molar-refractivity contribution in [3.05, 3.63) is 53.6 Å². The Morgan fingerprint density at radius 2 is 1.96 bits per heavy atom. The van der Waals surface area contributed by atoms with Crippen LogP contribution in [0, 0.1) is 6.92 Å². The molecule has 128 valence electrons. The lowest BCUT2D eigenvalue weighted by molar-refractivity contribution is -0.116. The molecular formula is C19H19N3O2S. The maximum absolute atomic E-state index is 12.3. The molecule has 5 nitrogen and oxygen atoms in total. The Hall–Kier alpha value is -2.73. The van der Waals surface area contributed by atoms with Crippen LogP contribution in [0.3, 0.4) is 0 Å². The molecule has 0 saturated carbocycles. The highest BCUT2D eigenvalue weighted by molar-refractivity contribution is 7.22. The van der Waals surface area contributed by atoms with Crippen LogP contribution in [0.25, 0.3) is 10.2 Å². The molecule has 1 aromatic heterocycles. The van der Waals surface area contributed by atoms with Gasteiger partial charge in [-0.15, -0.1) is 0 Å². The van der Waals surface area contributed by atoms with Gasteiger partial charge in [-0.2, -0.15) is 0 Å². The summed E-state index contributed by atoms with van der Waals surface area (Å²) in [5, 5.41) is 6.29. The van der Waals surface area contributed by atoms with Gasteiger partial charge in [0.2, 0.25) is 5.91 Å². The van der Waals surface area contributed by atoms with Crippen LogP contribution in [0.15, 0.2) is 42.5 Å². The molecule has 0 radical (unpaired) electrons. The van der Waals surface area contributed by atoms with Gasteiger partial charge < -0.3 is 10.6 Å². The van der Waals surface area contributed by atoms with Crippen molar-refractivity contribution in [2.75, 3.05) is 10.6 Å². The molecule has 3 rings (SSSR count). The molecule has 2 N–H and O–H groups in total. The zero-order valence-electron chi connectivity index (χ0n) is 14.1. The van der Waals surface area contributed by atoms with Gasteiger partial charge in [-0.3, -0.25) is 9.59 Å². The van der Waals surface area contributed by atoms with Crippen LogP contribution in [0.5, 0.6) is 0 Å². The number of benzene rings is 2. The first-order valence-electron chi connectivity index (χ1n) is 8.13. The molecule has 1 heterocycles. The molecule has 0 atom stereocenters. The zero-order chi connectivity index (χ0) is 17.8. The number of aryl methyl sites for hydroxylation is 1. The molecule has 0 spiro atoms. The topological polar surface area (TPSA) is 71.1 Å². The highest BCUT2D eigenvalue weighted by Gasteiger charge is 2.10. The van der Waals surface area contributed by atoms with E-state index in [1.807, 2.05) is 50.2 Å². The van der Waals surface area contributed by atoms with Crippen molar-refractivity contribution in [2.45, 2.75) is 26.7 Å². The van der Waals surface area contributed by atoms with Crippen molar-refractivity contribution in [1.29, 1.82) is 0 Å². The molecular weight excluding hydrogens is 334 g/mol. The molecule has 2 aromatic carbocycles. The van der Waals surface area contributed by atoms with Crippen molar-refractivity contribution < 1.29 is 9.59 Å². The second-order valence-corrected chi connectivity index (χ2v) is 6.85. The number of amides is 2. The van der Waals surface area contributed by atoms with E-state index in [2.05, 4.69) is 15.6 Å². The maximum Gasteiger partial charge on any atom is 0.255 e. The fourth-order valence-electron chi connectivity index (χ4n) is 2.45. The summed E-state index contributed by atoms with van der Waals surface area (Å²) in [6.45, 7) is 3.91. The van der Waals surface area contributed by atoms with Crippen LogP contribution in [-0.2, 0) is 4.79 Å². The van der Waals surface area contributed by atoms with E-state index in [1.165, 1.54) is 11.3 Å². The molecule has 0 bridgehead atoms. The molecule has 6 heteroatoms. The standard InChI is InChI=1S/C19H19N3O2S/c1-3-5-17(23)22-19-21-15-9-8-14(11-16(15)25-19)20-18(24)13-7-4-6-12(2)10-13/h4,6-11H,3,5H2,1-2H3,(H,20,24)(H,21,22,23). The third-order valence-corrected chi connectivity index (χ3v) is 4.58. The van der Waals surface area contributed by atoms with E-state index in [0.29, 0.717) is 22.8 Å². The number of thiazole rings is 1. The minimum absolute atomic E-state index is 0.0328. The van der Waals surface area contributed by atoms with Crippen LogP contribution >= 0.6 is 11.3 Å². The van der Waals surface area contributed by atoms with Gasteiger partial charge in [0.05, 0.1) is 10.2 Å². The zero-order valence-corrected chi connectivity index (χ0v) is 14.9. The first kappa shape index (κ1) is 17.1. The van der Waals surface area contributed by atoms with Crippen molar-refractivity contribution >= 4 is 44.2 Å². The van der Waals surface area contributed by atoms with Gasteiger partial charge in [0.15, 0.2) is 5.13 Å². The number of anilines is 2. The van der Waals surface area contributed by atoms with Crippen molar-refractivity contribution in [1.82, 2.24) is 4.98 Å². The summed E-state index contributed by atoms with van der Waals surface area (Å²) < 4.78 is 0.911. The summed E-state index contributed by atoms with van der Waals surface area (Å²) in [6.07, 6.45) is 1.28. The molecule has 3 aromatic rings. The quantitative estimate of drug-likeness (QED) is 0.704. The van der Waals surface area contributed by atoms with Crippen LogP contribution in [0.2, 0.25) is 0 Å². The van der Waals surface area contributed by atoms with E-state index in [0.717, 1.165) is 22.2 Å². The summed E-state index contributed by atoms with van der Waals surface area (Å²) in [7, 11) is 0. The molecule has 0 saturated heterocycles. The summed E-state index contributed by atoms with van der Waals surface area (Å²) in [6, 6.07) is 13.0. The monoisotopic (exact) mass is 353 g/mol. The Labute approximate surface area is 150 Å². The maximum atomic E-state index is 12.3. The number of hydrogen-bond acceptors (Lipinski definition) is 4. The van der Waals surface area contributed by atoms with Crippen molar-refractivity contribution in [3.63, 3.8) is 0 Å². The van der Waals surface area contributed by atoms with Gasteiger partial charge in [0, 0.05) is 17.7 Å². The first-order chi connectivity index (χ1) is 12.0. The van der Waals surface area contributed by atoms with Crippen LogP contribution in [0.1, 0.15) is 35.7 Å². The largest absolute Gasteiger partial charge is 0.322 e. The molecule has 2 amide bonds. The van der Waals surface area contributed by atoms with Crippen LogP contribution in [0.4, 0.5) is 10.8 Å². The molecule has 0 aliphatic rings. The number of nitrogens with one attached hydrogen (secondary N) is 2. The summed E-state index contributed by atoms with van der Waals surface area (Å²) in [4.78, 5) is 28.4. The van der Waals surface area contributed by atoms with Gasteiger partial charge in [-0.05, 0) is 43.7 Å². The van der Waals surface area contributed by atoms with E-state index in [-0.39, 0.29) is 11.8 Å². The average molecular weight is 353 g/mol. The van der Waals surface area contributed by atoms with Gasteiger partial charge in [-0.1, -0.05) is 36.0 Å². The number of aromatic nitrogens is 1. The molecule has 0 aliphatic heterocycles. The Morgan fingerprint density at radius 3 is 2.72 bits per heavy atom. The van der Waals surface area contributed by atoms with Crippen LogP contribution < -0.4 is 10.6 Å². The Morgan fingerprint density at radius 1 is 1.12 bits per heavy atom. The van der Waals surface area contributed by atoms with E-state index in [9.17, 15) is 9.59 Å². The molecule has 25 heavy (non-hydrogen) atoms.